The molecule has 0 spiro atoms. The van der Waals surface area contributed by atoms with Crippen molar-refractivity contribution in [2.24, 2.45) is 5.92 Å². The van der Waals surface area contributed by atoms with Gasteiger partial charge in [-0.1, -0.05) is 50.2 Å². The summed E-state index contributed by atoms with van der Waals surface area (Å²) < 4.78 is 0. The maximum atomic E-state index is 12.6. The van der Waals surface area contributed by atoms with E-state index in [1.165, 1.54) is 5.69 Å². The number of para-hydroxylation sites is 2. The van der Waals surface area contributed by atoms with E-state index in [0.717, 1.165) is 19.5 Å². The monoisotopic (exact) mass is 396 g/mol. The van der Waals surface area contributed by atoms with Gasteiger partial charge < -0.3 is 20.9 Å². The first-order valence-electron chi connectivity index (χ1n) is 10.2. The number of benzene rings is 2. The molecule has 0 unspecified atom stereocenters. The fraction of sp³-hybridized carbons (Fsp3) is 0.391. The van der Waals surface area contributed by atoms with Gasteiger partial charge in [0.1, 0.15) is 6.04 Å². The van der Waals surface area contributed by atoms with Crippen LogP contribution in [0.3, 0.4) is 0 Å². The number of urea groups is 1. The molecule has 2 aromatic rings. The van der Waals surface area contributed by atoms with Crippen LogP contribution in [0.1, 0.15) is 27.2 Å². The molecule has 0 saturated carbocycles. The van der Waals surface area contributed by atoms with Crippen LogP contribution in [-0.2, 0) is 4.79 Å². The number of anilines is 2. The number of hydrogen-bond donors (Lipinski definition) is 3. The fourth-order valence-corrected chi connectivity index (χ4v) is 3.06. The molecule has 2 rings (SSSR count). The van der Waals surface area contributed by atoms with Crippen LogP contribution in [0.2, 0.25) is 0 Å². The van der Waals surface area contributed by atoms with E-state index in [1.54, 1.807) is 12.1 Å². The van der Waals surface area contributed by atoms with Gasteiger partial charge in [0.25, 0.3) is 0 Å². The van der Waals surface area contributed by atoms with Gasteiger partial charge in [0, 0.05) is 31.0 Å². The number of hydrogen-bond acceptors (Lipinski definition) is 3. The van der Waals surface area contributed by atoms with E-state index >= 15 is 0 Å². The van der Waals surface area contributed by atoms with Crippen LogP contribution in [0.5, 0.6) is 0 Å². The fourth-order valence-electron chi connectivity index (χ4n) is 3.06. The molecule has 3 N–H and O–H groups in total. The molecule has 156 valence electrons. The van der Waals surface area contributed by atoms with Crippen molar-refractivity contribution >= 4 is 23.3 Å². The van der Waals surface area contributed by atoms with Crippen molar-refractivity contribution in [3.05, 3.63) is 60.7 Å². The molecule has 0 fully saturated rings. The second-order valence-electron chi connectivity index (χ2n) is 7.25. The molecule has 6 heteroatoms. The van der Waals surface area contributed by atoms with Gasteiger partial charge in [-0.15, -0.1) is 0 Å². The first kappa shape index (κ1) is 22.3. The van der Waals surface area contributed by atoms with Gasteiger partial charge in [-0.05, 0) is 43.5 Å². The molecule has 0 radical (unpaired) electrons. The van der Waals surface area contributed by atoms with Gasteiger partial charge in [-0.25, -0.2) is 4.79 Å². The van der Waals surface area contributed by atoms with Crippen LogP contribution in [0.15, 0.2) is 60.7 Å². The van der Waals surface area contributed by atoms with Crippen molar-refractivity contribution in [2.75, 3.05) is 29.9 Å². The molecule has 0 heterocycles. The number of carbonyl (C=O) groups excluding carboxylic acids is 2. The average molecular weight is 397 g/mol. The molecular weight excluding hydrogens is 364 g/mol. The third kappa shape index (κ3) is 7.49. The minimum Gasteiger partial charge on any atom is -0.372 e. The van der Waals surface area contributed by atoms with Crippen molar-refractivity contribution in [2.45, 2.75) is 33.2 Å². The summed E-state index contributed by atoms with van der Waals surface area (Å²) in [5.74, 6) is -0.182. The Bertz CT molecular complexity index is 750. The van der Waals surface area contributed by atoms with Crippen LogP contribution in [0, 0.1) is 5.92 Å². The third-order valence-electron chi connectivity index (χ3n) is 4.67. The van der Waals surface area contributed by atoms with E-state index < -0.39 is 6.04 Å². The van der Waals surface area contributed by atoms with Crippen LogP contribution in [0.4, 0.5) is 16.2 Å². The predicted octanol–water partition coefficient (Wildman–Crippen LogP) is 3.87. The molecule has 29 heavy (non-hydrogen) atoms. The standard InChI is InChI=1S/C23H32N4O2/c1-4-27(20-14-9-6-10-15-20)17-11-16-24-22(28)21(18(2)3)26-23(29)25-19-12-7-5-8-13-19/h5-10,12-15,18,21H,4,11,16-17H2,1-3H3,(H,24,28)(H2,25,26,29)/t21-/m1/s1. The van der Waals surface area contributed by atoms with Gasteiger partial charge in [0.05, 0.1) is 0 Å². The Labute approximate surface area is 173 Å². The van der Waals surface area contributed by atoms with E-state index in [0.29, 0.717) is 12.2 Å². The number of nitrogens with one attached hydrogen (secondary N) is 3. The van der Waals surface area contributed by atoms with Crippen molar-refractivity contribution in [1.29, 1.82) is 0 Å². The zero-order valence-corrected chi connectivity index (χ0v) is 17.5. The minimum absolute atomic E-state index is 0.0204. The molecule has 0 saturated heterocycles. The Morgan fingerprint density at radius 2 is 1.59 bits per heavy atom. The quantitative estimate of drug-likeness (QED) is 0.534. The molecule has 1 atom stereocenters. The van der Waals surface area contributed by atoms with Gasteiger partial charge in [0.15, 0.2) is 0 Å². The van der Waals surface area contributed by atoms with Crippen molar-refractivity contribution in [1.82, 2.24) is 10.6 Å². The summed E-state index contributed by atoms with van der Waals surface area (Å²) in [4.78, 5) is 27.1. The predicted molar refractivity (Wildman–Crippen MR) is 119 cm³/mol. The normalized spacial score (nSPS) is 11.6. The second kappa shape index (κ2) is 11.7. The molecular formula is C23H32N4O2. The molecule has 6 nitrogen and oxygen atoms in total. The van der Waals surface area contributed by atoms with Gasteiger partial charge in [0.2, 0.25) is 5.91 Å². The molecule has 0 aliphatic heterocycles. The molecule has 0 aliphatic carbocycles. The van der Waals surface area contributed by atoms with E-state index in [4.69, 9.17) is 0 Å². The number of carbonyl (C=O) groups is 2. The lowest BCUT2D eigenvalue weighted by Gasteiger charge is -2.24. The van der Waals surface area contributed by atoms with E-state index in [2.05, 4.69) is 39.9 Å². The highest BCUT2D eigenvalue weighted by atomic mass is 16.2. The molecule has 0 aromatic heterocycles. The Hall–Kier alpha value is -3.02. The number of nitrogens with zero attached hydrogens (tertiary/aromatic N) is 1. The summed E-state index contributed by atoms with van der Waals surface area (Å²) in [7, 11) is 0. The SMILES string of the molecule is CCN(CCCNC(=O)[C@H](NC(=O)Nc1ccccc1)C(C)C)c1ccccc1. The summed E-state index contributed by atoms with van der Waals surface area (Å²) in [5, 5.41) is 8.49. The molecule has 3 amide bonds. The maximum absolute atomic E-state index is 12.6. The van der Waals surface area contributed by atoms with Crippen molar-refractivity contribution in [3.63, 3.8) is 0 Å². The highest BCUT2D eigenvalue weighted by Crippen LogP contribution is 2.13. The lowest BCUT2D eigenvalue weighted by Crippen LogP contribution is -2.51. The first-order valence-corrected chi connectivity index (χ1v) is 10.2. The lowest BCUT2D eigenvalue weighted by atomic mass is 10.0. The highest BCUT2D eigenvalue weighted by molar-refractivity contribution is 5.93. The van der Waals surface area contributed by atoms with Crippen LogP contribution < -0.4 is 20.9 Å². The Balaban J connectivity index is 1.79. The average Bonchev–Trinajstić information content (AvgIpc) is 2.73. The lowest BCUT2D eigenvalue weighted by molar-refractivity contribution is -0.123. The van der Waals surface area contributed by atoms with Crippen molar-refractivity contribution < 1.29 is 9.59 Å². The molecule has 0 bridgehead atoms. The minimum atomic E-state index is -0.588. The molecule has 2 aromatic carbocycles. The largest absolute Gasteiger partial charge is 0.372 e. The maximum Gasteiger partial charge on any atom is 0.319 e. The summed E-state index contributed by atoms with van der Waals surface area (Å²) >= 11 is 0. The zero-order chi connectivity index (χ0) is 21.1. The van der Waals surface area contributed by atoms with Crippen molar-refractivity contribution in [3.8, 4) is 0 Å². The van der Waals surface area contributed by atoms with E-state index in [1.807, 2.05) is 50.2 Å². The third-order valence-corrected chi connectivity index (χ3v) is 4.67. The van der Waals surface area contributed by atoms with Crippen LogP contribution >= 0.6 is 0 Å². The van der Waals surface area contributed by atoms with Gasteiger partial charge >= 0.3 is 6.03 Å². The van der Waals surface area contributed by atoms with Gasteiger partial charge in [-0.2, -0.15) is 0 Å². The van der Waals surface area contributed by atoms with Crippen LogP contribution in [0.25, 0.3) is 0 Å². The smallest absolute Gasteiger partial charge is 0.319 e. The summed E-state index contributed by atoms with van der Waals surface area (Å²) in [5.41, 5.74) is 1.87. The summed E-state index contributed by atoms with van der Waals surface area (Å²) in [6.07, 6.45) is 0.829. The summed E-state index contributed by atoms with van der Waals surface area (Å²) in [6.45, 7) is 8.29. The van der Waals surface area contributed by atoms with E-state index in [9.17, 15) is 9.59 Å². The Kier molecular flexibility index (Phi) is 9.02. The second-order valence-corrected chi connectivity index (χ2v) is 7.25. The topological polar surface area (TPSA) is 73.5 Å². The van der Waals surface area contributed by atoms with E-state index in [-0.39, 0.29) is 17.9 Å². The summed E-state index contributed by atoms with van der Waals surface area (Å²) in [6, 6.07) is 18.4. The highest BCUT2D eigenvalue weighted by Gasteiger charge is 2.23. The van der Waals surface area contributed by atoms with Crippen LogP contribution in [-0.4, -0.2) is 37.6 Å². The number of amides is 3. The number of rotatable bonds is 10. The zero-order valence-electron chi connectivity index (χ0n) is 17.5. The Morgan fingerprint density at radius 3 is 2.17 bits per heavy atom. The van der Waals surface area contributed by atoms with Gasteiger partial charge in [-0.3, -0.25) is 4.79 Å². The Morgan fingerprint density at radius 1 is 0.966 bits per heavy atom. The first-order chi connectivity index (χ1) is 14.0. The molecule has 0 aliphatic rings.